The minimum Gasteiger partial charge on any atom is -0.389 e. The molecule has 1 aromatic carbocycles. The van der Waals surface area contributed by atoms with Crippen molar-refractivity contribution in [3.63, 3.8) is 0 Å². The zero-order valence-corrected chi connectivity index (χ0v) is 11.6. The van der Waals surface area contributed by atoms with Gasteiger partial charge in [-0.2, -0.15) is 0 Å². The SMILES string of the molecule is Cc1c(Cl)cccc1S(=O)(=O)NCC(C)(C)O. The predicted octanol–water partition coefficient (Wildman–Crippen LogP) is 1.70. The molecule has 0 heterocycles. The van der Waals surface area contributed by atoms with Crippen LogP contribution in [0.2, 0.25) is 5.02 Å². The second-order valence-electron chi connectivity index (χ2n) is 4.50. The Labute approximate surface area is 107 Å². The molecule has 0 saturated carbocycles. The van der Waals surface area contributed by atoms with E-state index in [1.807, 2.05) is 0 Å². The lowest BCUT2D eigenvalue weighted by Crippen LogP contribution is -2.38. The van der Waals surface area contributed by atoms with E-state index in [9.17, 15) is 13.5 Å². The first-order valence-electron chi connectivity index (χ1n) is 5.11. The third-order valence-corrected chi connectivity index (χ3v) is 4.16. The number of sulfonamides is 1. The Morgan fingerprint density at radius 2 is 2.00 bits per heavy atom. The van der Waals surface area contributed by atoms with Gasteiger partial charge in [-0.3, -0.25) is 0 Å². The maximum absolute atomic E-state index is 12.0. The molecule has 0 aliphatic rings. The first kappa shape index (κ1) is 14.4. The molecule has 4 nitrogen and oxygen atoms in total. The van der Waals surface area contributed by atoms with Crippen molar-refractivity contribution in [2.75, 3.05) is 6.54 Å². The minimum absolute atomic E-state index is 0.0543. The summed E-state index contributed by atoms with van der Waals surface area (Å²) in [7, 11) is -3.64. The molecule has 6 heteroatoms. The topological polar surface area (TPSA) is 66.4 Å². The molecule has 0 unspecified atom stereocenters. The van der Waals surface area contributed by atoms with Gasteiger partial charge >= 0.3 is 0 Å². The van der Waals surface area contributed by atoms with E-state index in [0.29, 0.717) is 10.6 Å². The number of aliphatic hydroxyl groups is 1. The molecular formula is C11H16ClNO3S. The Morgan fingerprint density at radius 3 is 2.53 bits per heavy atom. The van der Waals surface area contributed by atoms with Gasteiger partial charge < -0.3 is 5.11 Å². The van der Waals surface area contributed by atoms with Crippen LogP contribution in [0, 0.1) is 6.92 Å². The normalized spacial score (nSPS) is 12.8. The lowest BCUT2D eigenvalue weighted by molar-refractivity contribution is 0.0857. The zero-order chi connectivity index (χ0) is 13.3. The molecule has 0 saturated heterocycles. The van der Waals surface area contributed by atoms with E-state index >= 15 is 0 Å². The van der Waals surface area contributed by atoms with E-state index in [-0.39, 0.29) is 11.4 Å². The summed E-state index contributed by atoms with van der Waals surface area (Å²) in [6, 6.07) is 4.69. The van der Waals surface area contributed by atoms with Crippen LogP contribution in [-0.2, 0) is 10.0 Å². The fourth-order valence-electron chi connectivity index (χ4n) is 1.23. The van der Waals surface area contributed by atoms with Crippen molar-refractivity contribution in [2.45, 2.75) is 31.3 Å². The van der Waals surface area contributed by atoms with Gasteiger partial charge in [-0.25, -0.2) is 13.1 Å². The maximum Gasteiger partial charge on any atom is 0.240 e. The molecule has 0 aliphatic carbocycles. The molecule has 0 atom stereocenters. The molecule has 0 fully saturated rings. The predicted molar refractivity (Wildman–Crippen MR) is 67.7 cm³/mol. The van der Waals surface area contributed by atoms with E-state index in [1.54, 1.807) is 19.1 Å². The van der Waals surface area contributed by atoms with Crippen LogP contribution >= 0.6 is 11.6 Å². The summed E-state index contributed by atoms with van der Waals surface area (Å²) in [5, 5.41) is 9.90. The summed E-state index contributed by atoms with van der Waals surface area (Å²) >= 11 is 5.87. The largest absolute Gasteiger partial charge is 0.389 e. The number of benzene rings is 1. The van der Waals surface area contributed by atoms with Crippen molar-refractivity contribution in [1.82, 2.24) is 4.72 Å². The molecule has 0 aromatic heterocycles. The van der Waals surface area contributed by atoms with E-state index in [2.05, 4.69) is 4.72 Å². The van der Waals surface area contributed by atoms with Crippen molar-refractivity contribution in [2.24, 2.45) is 0 Å². The molecule has 0 bridgehead atoms. The summed E-state index contributed by atoms with van der Waals surface area (Å²) in [5.74, 6) is 0. The van der Waals surface area contributed by atoms with Gasteiger partial charge in [0.1, 0.15) is 0 Å². The van der Waals surface area contributed by atoms with Gasteiger partial charge in [0.05, 0.1) is 10.5 Å². The lowest BCUT2D eigenvalue weighted by atomic mass is 10.1. The van der Waals surface area contributed by atoms with E-state index in [4.69, 9.17) is 11.6 Å². The van der Waals surface area contributed by atoms with Crippen LogP contribution in [0.5, 0.6) is 0 Å². The number of halogens is 1. The second-order valence-corrected chi connectivity index (χ2v) is 6.64. The molecule has 96 valence electrons. The Bertz CT molecular complexity index is 506. The third kappa shape index (κ3) is 3.96. The first-order valence-corrected chi connectivity index (χ1v) is 6.97. The average molecular weight is 278 g/mol. The Kier molecular flexibility index (Phi) is 4.19. The molecule has 0 radical (unpaired) electrons. The summed E-state index contributed by atoms with van der Waals surface area (Å²) in [6.07, 6.45) is 0. The average Bonchev–Trinajstić information content (AvgIpc) is 2.18. The maximum atomic E-state index is 12.0. The quantitative estimate of drug-likeness (QED) is 0.880. The smallest absolute Gasteiger partial charge is 0.240 e. The van der Waals surface area contributed by atoms with Crippen molar-refractivity contribution in [3.8, 4) is 0 Å². The van der Waals surface area contributed by atoms with Crippen molar-refractivity contribution in [1.29, 1.82) is 0 Å². The number of rotatable bonds is 4. The molecule has 2 N–H and O–H groups in total. The van der Waals surface area contributed by atoms with Gasteiger partial charge in [-0.15, -0.1) is 0 Å². The highest BCUT2D eigenvalue weighted by Gasteiger charge is 2.21. The Balaban J connectivity index is 3.02. The number of hydrogen-bond donors (Lipinski definition) is 2. The molecule has 0 spiro atoms. The van der Waals surface area contributed by atoms with Crippen LogP contribution in [0.1, 0.15) is 19.4 Å². The number of nitrogens with one attached hydrogen (secondary N) is 1. The highest BCUT2D eigenvalue weighted by molar-refractivity contribution is 7.89. The van der Waals surface area contributed by atoms with E-state index in [1.165, 1.54) is 19.9 Å². The van der Waals surface area contributed by atoms with Gasteiger partial charge in [0.25, 0.3) is 0 Å². The van der Waals surface area contributed by atoms with Gasteiger partial charge in [0.15, 0.2) is 0 Å². The highest BCUT2D eigenvalue weighted by atomic mass is 35.5. The summed E-state index contributed by atoms with van der Waals surface area (Å²) in [4.78, 5) is 0.134. The van der Waals surface area contributed by atoms with Gasteiger partial charge in [-0.05, 0) is 38.5 Å². The lowest BCUT2D eigenvalue weighted by Gasteiger charge is -2.18. The Morgan fingerprint density at radius 1 is 1.41 bits per heavy atom. The van der Waals surface area contributed by atoms with Crippen LogP contribution < -0.4 is 4.72 Å². The molecule has 17 heavy (non-hydrogen) atoms. The van der Waals surface area contributed by atoms with Crippen LogP contribution in [0.25, 0.3) is 0 Å². The fourth-order valence-corrected chi connectivity index (χ4v) is 2.93. The van der Waals surface area contributed by atoms with Crippen molar-refractivity contribution >= 4 is 21.6 Å². The Hall–Kier alpha value is -0.620. The van der Waals surface area contributed by atoms with Crippen LogP contribution in [0.15, 0.2) is 23.1 Å². The molecular weight excluding hydrogens is 262 g/mol. The van der Waals surface area contributed by atoms with Crippen LogP contribution in [-0.4, -0.2) is 25.7 Å². The third-order valence-electron chi connectivity index (χ3n) is 2.20. The van der Waals surface area contributed by atoms with Crippen molar-refractivity contribution in [3.05, 3.63) is 28.8 Å². The summed E-state index contributed by atoms with van der Waals surface area (Å²) in [5.41, 5.74) is -0.600. The van der Waals surface area contributed by atoms with Gasteiger partial charge in [0.2, 0.25) is 10.0 Å². The van der Waals surface area contributed by atoms with Gasteiger partial charge in [0, 0.05) is 11.6 Å². The summed E-state index contributed by atoms with van der Waals surface area (Å²) < 4.78 is 26.3. The number of hydrogen-bond acceptors (Lipinski definition) is 3. The van der Waals surface area contributed by atoms with Crippen LogP contribution in [0.4, 0.5) is 0 Å². The minimum atomic E-state index is -3.64. The summed E-state index contributed by atoms with van der Waals surface area (Å²) in [6.45, 7) is 4.64. The second kappa shape index (κ2) is 4.94. The van der Waals surface area contributed by atoms with E-state index < -0.39 is 15.6 Å². The van der Waals surface area contributed by atoms with Crippen molar-refractivity contribution < 1.29 is 13.5 Å². The zero-order valence-electron chi connectivity index (χ0n) is 9.99. The van der Waals surface area contributed by atoms with E-state index in [0.717, 1.165) is 0 Å². The molecule has 0 amide bonds. The molecule has 1 aromatic rings. The fraction of sp³-hybridized carbons (Fsp3) is 0.455. The van der Waals surface area contributed by atoms with Gasteiger partial charge in [-0.1, -0.05) is 17.7 Å². The highest BCUT2D eigenvalue weighted by Crippen LogP contribution is 2.22. The molecule has 1 rings (SSSR count). The van der Waals surface area contributed by atoms with Crippen LogP contribution in [0.3, 0.4) is 0 Å². The first-order chi connectivity index (χ1) is 7.63. The molecule has 0 aliphatic heterocycles. The standard InChI is InChI=1S/C11H16ClNO3S/c1-8-9(12)5-4-6-10(8)17(15,16)13-7-11(2,3)14/h4-6,13-14H,7H2,1-3H3. The monoisotopic (exact) mass is 277 g/mol.